The number of aliphatic imine (C=N–C) groups is 1. The normalized spacial score (nSPS) is 11.6. The van der Waals surface area contributed by atoms with Crippen LogP contribution in [0.1, 0.15) is 18.1 Å². The lowest BCUT2D eigenvalue weighted by molar-refractivity contribution is 1.13. The van der Waals surface area contributed by atoms with Crippen molar-refractivity contribution in [2.75, 3.05) is 0 Å². The maximum Gasteiger partial charge on any atom is 0.131 e. The molecule has 0 aliphatic carbocycles. The van der Waals surface area contributed by atoms with Gasteiger partial charge in [0.2, 0.25) is 0 Å². The molecule has 0 bridgehead atoms. The number of nitrogens with zero attached hydrogens (tertiary/aromatic N) is 1. The van der Waals surface area contributed by atoms with Crippen molar-refractivity contribution in [3.05, 3.63) is 64.1 Å². The SMILES string of the molecule is CCc1cc(Br)ccc1N=C(N)c1ccccc1. The zero-order valence-electron chi connectivity index (χ0n) is 10.2. The Hall–Kier alpha value is -1.61. The first-order valence-electron chi connectivity index (χ1n) is 5.88. The van der Waals surface area contributed by atoms with Crippen LogP contribution in [0.4, 0.5) is 5.69 Å². The zero-order chi connectivity index (χ0) is 13.0. The van der Waals surface area contributed by atoms with E-state index in [9.17, 15) is 0 Å². The fourth-order valence-electron chi connectivity index (χ4n) is 1.75. The molecule has 2 N–H and O–H groups in total. The summed E-state index contributed by atoms with van der Waals surface area (Å²) in [5.41, 5.74) is 9.09. The number of aryl methyl sites for hydroxylation is 1. The van der Waals surface area contributed by atoms with E-state index >= 15 is 0 Å². The average Bonchev–Trinajstić information content (AvgIpc) is 2.41. The lowest BCUT2D eigenvalue weighted by Crippen LogP contribution is -2.12. The number of amidine groups is 1. The van der Waals surface area contributed by atoms with Crippen molar-refractivity contribution in [2.24, 2.45) is 10.7 Å². The van der Waals surface area contributed by atoms with Crippen molar-refractivity contribution in [2.45, 2.75) is 13.3 Å². The second-order valence-electron chi connectivity index (χ2n) is 3.99. The Bertz CT molecular complexity index is 562. The fourth-order valence-corrected chi connectivity index (χ4v) is 2.16. The first-order valence-corrected chi connectivity index (χ1v) is 6.68. The third-order valence-corrected chi connectivity index (χ3v) is 3.23. The molecule has 0 atom stereocenters. The van der Waals surface area contributed by atoms with E-state index in [2.05, 4.69) is 33.9 Å². The summed E-state index contributed by atoms with van der Waals surface area (Å²) in [5.74, 6) is 0.549. The van der Waals surface area contributed by atoms with Crippen molar-refractivity contribution in [3.8, 4) is 0 Å². The minimum absolute atomic E-state index is 0.549. The third-order valence-electron chi connectivity index (χ3n) is 2.73. The highest BCUT2D eigenvalue weighted by molar-refractivity contribution is 9.10. The zero-order valence-corrected chi connectivity index (χ0v) is 11.8. The summed E-state index contributed by atoms with van der Waals surface area (Å²) in [6, 6.07) is 15.9. The molecule has 92 valence electrons. The van der Waals surface area contributed by atoms with Gasteiger partial charge in [0.25, 0.3) is 0 Å². The lowest BCUT2D eigenvalue weighted by Gasteiger charge is -2.06. The molecule has 0 spiro atoms. The molecular formula is C15H15BrN2. The number of rotatable bonds is 3. The molecule has 0 amide bonds. The van der Waals surface area contributed by atoms with Gasteiger partial charge in [0.05, 0.1) is 5.69 Å². The van der Waals surface area contributed by atoms with Gasteiger partial charge in [-0.2, -0.15) is 0 Å². The number of hydrogen-bond acceptors (Lipinski definition) is 1. The highest BCUT2D eigenvalue weighted by Gasteiger charge is 2.02. The van der Waals surface area contributed by atoms with Gasteiger partial charge in [-0.25, -0.2) is 4.99 Å². The van der Waals surface area contributed by atoms with E-state index in [0.717, 1.165) is 22.1 Å². The van der Waals surface area contributed by atoms with Gasteiger partial charge in [-0.05, 0) is 30.2 Å². The van der Waals surface area contributed by atoms with Gasteiger partial charge in [-0.15, -0.1) is 0 Å². The quantitative estimate of drug-likeness (QED) is 0.674. The topological polar surface area (TPSA) is 38.4 Å². The van der Waals surface area contributed by atoms with Gasteiger partial charge in [0, 0.05) is 10.0 Å². The van der Waals surface area contributed by atoms with E-state index in [0.29, 0.717) is 5.84 Å². The molecule has 3 heteroatoms. The summed E-state index contributed by atoms with van der Waals surface area (Å²) in [6.07, 6.45) is 0.931. The van der Waals surface area contributed by atoms with Crippen LogP contribution in [-0.2, 0) is 6.42 Å². The Kier molecular flexibility index (Phi) is 4.15. The van der Waals surface area contributed by atoms with Gasteiger partial charge in [0.15, 0.2) is 0 Å². The molecule has 2 rings (SSSR count). The Morgan fingerprint density at radius 2 is 1.89 bits per heavy atom. The van der Waals surface area contributed by atoms with Crippen LogP contribution in [0, 0.1) is 0 Å². The van der Waals surface area contributed by atoms with Crippen molar-refractivity contribution < 1.29 is 0 Å². The maximum absolute atomic E-state index is 6.03. The van der Waals surface area contributed by atoms with Crippen molar-refractivity contribution in [3.63, 3.8) is 0 Å². The maximum atomic E-state index is 6.03. The summed E-state index contributed by atoms with van der Waals surface area (Å²) >= 11 is 3.47. The standard InChI is InChI=1S/C15H15BrN2/c1-2-11-10-13(16)8-9-14(11)18-15(17)12-6-4-3-5-7-12/h3-10H,2H2,1H3,(H2,17,18). The smallest absolute Gasteiger partial charge is 0.131 e. The average molecular weight is 303 g/mol. The molecule has 0 aliphatic rings. The van der Waals surface area contributed by atoms with Gasteiger partial charge in [-0.1, -0.05) is 53.2 Å². The fraction of sp³-hybridized carbons (Fsp3) is 0.133. The molecule has 0 heterocycles. The molecule has 0 unspecified atom stereocenters. The van der Waals surface area contributed by atoms with E-state index in [-0.39, 0.29) is 0 Å². The van der Waals surface area contributed by atoms with Gasteiger partial charge in [-0.3, -0.25) is 0 Å². The van der Waals surface area contributed by atoms with Crippen LogP contribution in [0.5, 0.6) is 0 Å². The number of nitrogens with two attached hydrogens (primary N) is 1. The second-order valence-corrected chi connectivity index (χ2v) is 4.91. The minimum Gasteiger partial charge on any atom is -0.383 e. The highest BCUT2D eigenvalue weighted by Crippen LogP contribution is 2.24. The Morgan fingerprint density at radius 3 is 2.56 bits per heavy atom. The summed E-state index contributed by atoms with van der Waals surface area (Å²) in [6.45, 7) is 2.11. The van der Waals surface area contributed by atoms with E-state index in [1.807, 2.05) is 42.5 Å². The van der Waals surface area contributed by atoms with Crippen molar-refractivity contribution in [1.82, 2.24) is 0 Å². The number of halogens is 1. The van der Waals surface area contributed by atoms with E-state index in [1.165, 1.54) is 5.56 Å². The van der Waals surface area contributed by atoms with E-state index < -0.39 is 0 Å². The Balaban J connectivity index is 2.39. The lowest BCUT2D eigenvalue weighted by atomic mass is 10.1. The van der Waals surface area contributed by atoms with Crippen molar-refractivity contribution >= 4 is 27.5 Å². The summed E-state index contributed by atoms with van der Waals surface area (Å²) in [4.78, 5) is 4.51. The Labute approximate surface area is 116 Å². The molecule has 2 aromatic carbocycles. The molecule has 0 fully saturated rings. The van der Waals surface area contributed by atoms with Crippen LogP contribution < -0.4 is 5.73 Å². The van der Waals surface area contributed by atoms with Crippen LogP contribution in [0.3, 0.4) is 0 Å². The molecule has 0 saturated heterocycles. The summed E-state index contributed by atoms with van der Waals surface area (Å²) < 4.78 is 1.07. The van der Waals surface area contributed by atoms with Crippen molar-refractivity contribution in [1.29, 1.82) is 0 Å². The molecule has 0 aromatic heterocycles. The first-order chi connectivity index (χ1) is 8.70. The monoisotopic (exact) mass is 302 g/mol. The first kappa shape index (κ1) is 12.8. The molecule has 18 heavy (non-hydrogen) atoms. The molecule has 2 nitrogen and oxygen atoms in total. The predicted octanol–water partition coefficient (Wildman–Crippen LogP) is 4.05. The largest absolute Gasteiger partial charge is 0.383 e. The summed E-state index contributed by atoms with van der Waals surface area (Å²) in [5, 5.41) is 0. The van der Waals surface area contributed by atoms with Crippen LogP contribution in [-0.4, -0.2) is 5.84 Å². The van der Waals surface area contributed by atoms with E-state index in [4.69, 9.17) is 5.73 Å². The van der Waals surface area contributed by atoms with Gasteiger partial charge >= 0.3 is 0 Å². The Morgan fingerprint density at radius 1 is 1.17 bits per heavy atom. The van der Waals surface area contributed by atoms with Crippen LogP contribution in [0.15, 0.2) is 58.0 Å². The molecular weight excluding hydrogens is 288 g/mol. The van der Waals surface area contributed by atoms with E-state index in [1.54, 1.807) is 0 Å². The van der Waals surface area contributed by atoms with Crippen LogP contribution in [0.2, 0.25) is 0 Å². The van der Waals surface area contributed by atoms with Gasteiger partial charge < -0.3 is 5.73 Å². The highest BCUT2D eigenvalue weighted by atomic mass is 79.9. The van der Waals surface area contributed by atoms with Gasteiger partial charge in [0.1, 0.15) is 5.84 Å². The second kappa shape index (κ2) is 5.83. The molecule has 0 radical (unpaired) electrons. The summed E-state index contributed by atoms with van der Waals surface area (Å²) in [7, 11) is 0. The van der Waals surface area contributed by atoms with Crippen LogP contribution >= 0.6 is 15.9 Å². The predicted molar refractivity (Wildman–Crippen MR) is 80.3 cm³/mol. The molecule has 0 saturated carbocycles. The third kappa shape index (κ3) is 2.99. The molecule has 2 aromatic rings. The molecule has 0 aliphatic heterocycles. The number of benzene rings is 2. The minimum atomic E-state index is 0.549. The van der Waals surface area contributed by atoms with Crippen LogP contribution in [0.25, 0.3) is 0 Å². The number of hydrogen-bond donors (Lipinski definition) is 1.